The van der Waals surface area contributed by atoms with Crippen LogP contribution in [-0.2, 0) is 11.3 Å². The maximum absolute atomic E-state index is 11.9. The molecule has 0 spiro atoms. The van der Waals surface area contributed by atoms with Gasteiger partial charge in [-0.1, -0.05) is 42.5 Å². The fourth-order valence-corrected chi connectivity index (χ4v) is 2.84. The quantitative estimate of drug-likeness (QED) is 0.500. The first-order valence-corrected chi connectivity index (χ1v) is 8.83. The van der Waals surface area contributed by atoms with Crippen molar-refractivity contribution < 1.29 is 19.4 Å². The van der Waals surface area contributed by atoms with Gasteiger partial charge < -0.3 is 14.6 Å². The summed E-state index contributed by atoms with van der Waals surface area (Å²) >= 11 is 0. The van der Waals surface area contributed by atoms with E-state index in [4.69, 9.17) is 9.47 Å². The summed E-state index contributed by atoms with van der Waals surface area (Å²) in [4.78, 5) is 11.9. The second-order valence-corrected chi connectivity index (χ2v) is 6.19. The van der Waals surface area contributed by atoms with Gasteiger partial charge in [-0.3, -0.25) is 0 Å². The predicted octanol–water partition coefficient (Wildman–Crippen LogP) is 4.39. The van der Waals surface area contributed by atoms with Crippen molar-refractivity contribution in [2.75, 3.05) is 13.2 Å². The SMILES string of the molecule is Cc1cc(OCCOC(=O)c2ccccc2)ccc1-c1cccc(CO)c1. The smallest absolute Gasteiger partial charge is 0.338 e. The molecule has 27 heavy (non-hydrogen) atoms. The van der Waals surface area contributed by atoms with E-state index < -0.39 is 0 Å². The number of hydrogen-bond donors (Lipinski definition) is 1. The Morgan fingerprint density at radius 2 is 1.74 bits per heavy atom. The van der Waals surface area contributed by atoms with E-state index in [-0.39, 0.29) is 25.8 Å². The number of aryl methyl sites for hydroxylation is 1. The van der Waals surface area contributed by atoms with Gasteiger partial charge in [0.25, 0.3) is 0 Å². The molecule has 0 aliphatic rings. The van der Waals surface area contributed by atoms with Crippen LogP contribution in [0.5, 0.6) is 5.75 Å². The van der Waals surface area contributed by atoms with Crippen LogP contribution in [0, 0.1) is 6.92 Å². The fraction of sp³-hybridized carbons (Fsp3) is 0.174. The number of carbonyl (C=O) groups is 1. The molecule has 1 N–H and O–H groups in total. The average molecular weight is 362 g/mol. The Bertz CT molecular complexity index is 903. The zero-order valence-electron chi connectivity index (χ0n) is 15.2. The van der Waals surface area contributed by atoms with E-state index in [0.29, 0.717) is 5.56 Å². The standard InChI is InChI=1S/C23H22O4/c1-17-14-21(10-11-22(17)20-9-5-6-18(15-20)16-24)26-12-13-27-23(25)19-7-3-2-4-8-19/h2-11,14-15,24H,12-13,16H2,1H3. The second-order valence-electron chi connectivity index (χ2n) is 6.19. The molecule has 0 radical (unpaired) electrons. The van der Waals surface area contributed by atoms with Crippen molar-refractivity contribution in [1.29, 1.82) is 0 Å². The Morgan fingerprint density at radius 3 is 2.48 bits per heavy atom. The first-order chi connectivity index (χ1) is 13.2. The highest BCUT2D eigenvalue weighted by Crippen LogP contribution is 2.27. The number of aliphatic hydroxyl groups excluding tert-OH is 1. The predicted molar refractivity (Wildman–Crippen MR) is 105 cm³/mol. The van der Waals surface area contributed by atoms with Crippen molar-refractivity contribution in [3.8, 4) is 16.9 Å². The first kappa shape index (κ1) is 18.7. The molecule has 4 nitrogen and oxygen atoms in total. The number of esters is 1. The molecule has 3 rings (SSSR count). The Kier molecular flexibility index (Phi) is 6.23. The van der Waals surface area contributed by atoms with Crippen molar-refractivity contribution in [1.82, 2.24) is 0 Å². The van der Waals surface area contributed by atoms with E-state index >= 15 is 0 Å². The van der Waals surface area contributed by atoms with Gasteiger partial charge in [0.1, 0.15) is 19.0 Å². The van der Waals surface area contributed by atoms with Crippen molar-refractivity contribution in [2.45, 2.75) is 13.5 Å². The normalized spacial score (nSPS) is 10.4. The zero-order valence-corrected chi connectivity index (χ0v) is 15.2. The molecule has 0 unspecified atom stereocenters. The molecule has 0 bridgehead atoms. The first-order valence-electron chi connectivity index (χ1n) is 8.83. The van der Waals surface area contributed by atoms with Gasteiger partial charge in [0, 0.05) is 0 Å². The molecular formula is C23H22O4. The van der Waals surface area contributed by atoms with Gasteiger partial charge in [-0.2, -0.15) is 0 Å². The minimum absolute atomic E-state index is 0.0236. The third-order valence-corrected chi connectivity index (χ3v) is 4.21. The highest BCUT2D eigenvalue weighted by Gasteiger charge is 2.07. The lowest BCUT2D eigenvalue weighted by atomic mass is 9.99. The van der Waals surface area contributed by atoms with Crippen LogP contribution in [0.2, 0.25) is 0 Å². The lowest BCUT2D eigenvalue weighted by Gasteiger charge is -2.11. The van der Waals surface area contributed by atoms with Crippen LogP contribution >= 0.6 is 0 Å². The summed E-state index contributed by atoms with van der Waals surface area (Å²) in [6.07, 6.45) is 0. The minimum atomic E-state index is -0.352. The molecule has 0 heterocycles. The lowest BCUT2D eigenvalue weighted by molar-refractivity contribution is 0.0450. The van der Waals surface area contributed by atoms with Crippen LogP contribution in [0.4, 0.5) is 0 Å². The summed E-state index contributed by atoms with van der Waals surface area (Å²) in [6.45, 7) is 2.52. The Morgan fingerprint density at radius 1 is 0.926 bits per heavy atom. The van der Waals surface area contributed by atoms with Gasteiger partial charge in [-0.05, 0) is 59.5 Å². The third kappa shape index (κ3) is 4.96. The van der Waals surface area contributed by atoms with Gasteiger partial charge in [-0.15, -0.1) is 0 Å². The van der Waals surface area contributed by atoms with Crippen LogP contribution in [0.25, 0.3) is 11.1 Å². The van der Waals surface area contributed by atoms with Crippen LogP contribution < -0.4 is 4.74 Å². The highest BCUT2D eigenvalue weighted by molar-refractivity contribution is 5.89. The zero-order chi connectivity index (χ0) is 19.1. The Hall–Kier alpha value is -3.11. The summed E-state index contributed by atoms with van der Waals surface area (Å²) in [7, 11) is 0. The number of rotatable bonds is 7. The largest absolute Gasteiger partial charge is 0.490 e. The molecular weight excluding hydrogens is 340 g/mol. The van der Waals surface area contributed by atoms with E-state index in [9.17, 15) is 9.90 Å². The number of hydrogen-bond acceptors (Lipinski definition) is 4. The van der Waals surface area contributed by atoms with E-state index in [1.807, 2.05) is 55.5 Å². The van der Waals surface area contributed by atoms with Gasteiger partial charge in [0.2, 0.25) is 0 Å². The monoisotopic (exact) mass is 362 g/mol. The van der Waals surface area contributed by atoms with Crippen LogP contribution in [0.15, 0.2) is 72.8 Å². The molecule has 0 atom stereocenters. The molecule has 138 valence electrons. The topological polar surface area (TPSA) is 55.8 Å². The molecule has 0 saturated heterocycles. The van der Waals surface area contributed by atoms with Crippen molar-refractivity contribution in [3.63, 3.8) is 0 Å². The maximum Gasteiger partial charge on any atom is 0.338 e. The average Bonchev–Trinajstić information content (AvgIpc) is 2.72. The fourth-order valence-electron chi connectivity index (χ4n) is 2.84. The molecule has 4 heteroatoms. The minimum Gasteiger partial charge on any atom is -0.490 e. The van der Waals surface area contributed by atoms with E-state index in [1.54, 1.807) is 24.3 Å². The van der Waals surface area contributed by atoms with Crippen LogP contribution in [-0.4, -0.2) is 24.3 Å². The molecule has 0 aliphatic heterocycles. The van der Waals surface area contributed by atoms with Gasteiger partial charge in [0.05, 0.1) is 12.2 Å². The van der Waals surface area contributed by atoms with E-state index in [0.717, 1.165) is 28.0 Å². The Labute approximate surface area is 159 Å². The summed E-state index contributed by atoms with van der Waals surface area (Å²) < 4.78 is 10.9. The number of ether oxygens (including phenoxy) is 2. The molecule has 0 saturated carbocycles. The van der Waals surface area contributed by atoms with Gasteiger partial charge >= 0.3 is 5.97 Å². The van der Waals surface area contributed by atoms with Gasteiger partial charge in [0.15, 0.2) is 0 Å². The van der Waals surface area contributed by atoms with E-state index in [1.165, 1.54) is 0 Å². The molecule has 3 aromatic rings. The van der Waals surface area contributed by atoms with Crippen molar-refractivity contribution in [2.24, 2.45) is 0 Å². The summed E-state index contributed by atoms with van der Waals surface area (Å²) in [5, 5.41) is 9.30. The molecule has 0 amide bonds. The number of carbonyl (C=O) groups excluding carboxylic acids is 1. The van der Waals surface area contributed by atoms with Gasteiger partial charge in [-0.25, -0.2) is 4.79 Å². The second kappa shape index (κ2) is 9.01. The highest BCUT2D eigenvalue weighted by atomic mass is 16.6. The van der Waals surface area contributed by atoms with Crippen molar-refractivity contribution >= 4 is 5.97 Å². The Balaban J connectivity index is 1.55. The third-order valence-electron chi connectivity index (χ3n) is 4.21. The number of benzene rings is 3. The molecule has 0 aromatic heterocycles. The summed E-state index contributed by atoms with van der Waals surface area (Å²) in [6, 6.07) is 22.6. The maximum atomic E-state index is 11.9. The molecule has 0 aliphatic carbocycles. The van der Waals surface area contributed by atoms with E-state index in [2.05, 4.69) is 0 Å². The lowest BCUT2D eigenvalue weighted by Crippen LogP contribution is -2.12. The summed E-state index contributed by atoms with van der Waals surface area (Å²) in [5.74, 6) is 0.375. The summed E-state index contributed by atoms with van der Waals surface area (Å²) in [5.41, 5.74) is 4.63. The molecule has 0 fully saturated rings. The molecule has 3 aromatic carbocycles. The van der Waals surface area contributed by atoms with Crippen LogP contribution in [0.1, 0.15) is 21.5 Å². The van der Waals surface area contributed by atoms with Crippen LogP contribution in [0.3, 0.4) is 0 Å². The number of aliphatic hydroxyl groups is 1. The van der Waals surface area contributed by atoms with Crippen molar-refractivity contribution in [3.05, 3.63) is 89.5 Å².